The van der Waals surface area contributed by atoms with Crippen LogP contribution in [0.5, 0.6) is 0 Å². The Labute approximate surface area is 177 Å². The lowest BCUT2D eigenvalue weighted by Gasteiger charge is -2.25. The molecule has 0 bridgehead atoms. The molecule has 2 aromatic carbocycles. The summed E-state index contributed by atoms with van der Waals surface area (Å²) in [7, 11) is 0. The average molecular weight is 399 g/mol. The van der Waals surface area contributed by atoms with Crippen LogP contribution in [-0.2, 0) is 0 Å². The molecule has 1 aromatic heterocycles. The summed E-state index contributed by atoms with van der Waals surface area (Å²) < 4.78 is 2.14. The van der Waals surface area contributed by atoms with Gasteiger partial charge in [0.2, 0.25) is 0 Å². The van der Waals surface area contributed by atoms with E-state index in [9.17, 15) is 9.90 Å². The number of imidazole rings is 1. The first kappa shape index (κ1) is 19.9. The molecule has 0 saturated heterocycles. The van der Waals surface area contributed by atoms with E-state index in [0.717, 1.165) is 36.8 Å². The van der Waals surface area contributed by atoms with Crippen molar-refractivity contribution in [1.82, 2.24) is 9.55 Å². The van der Waals surface area contributed by atoms with Crippen LogP contribution in [0.1, 0.15) is 71.3 Å². The van der Waals surface area contributed by atoms with Gasteiger partial charge in [0.05, 0.1) is 5.69 Å². The molecular weight excluding hydrogens is 372 g/mol. The Morgan fingerprint density at radius 3 is 1.97 bits per heavy atom. The summed E-state index contributed by atoms with van der Waals surface area (Å²) in [6.45, 7) is 0. The molecule has 0 unspecified atom stereocenters. The van der Waals surface area contributed by atoms with E-state index in [1.54, 1.807) is 0 Å². The molecule has 0 atom stereocenters. The van der Waals surface area contributed by atoms with E-state index >= 15 is 0 Å². The van der Waals surface area contributed by atoms with Gasteiger partial charge in [0.1, 0.15) is 5.82 Å². The van der Waals surface area contributed by atoms with E-state index in [-0.39, 0.29) is 11.7 Å². The number of benzene rings is 2. The van der Waals surface area contributed by atoms with Crippen molar-refractivity contribution in [2.75, 3.05) is 0 Å². The first-order valence-electron chi connectivity index (χ1n) is 10.5. The third-order valence-electron chi connectivity index (χ3n) is 5.58. The summed E-state index contributed by atoms with van der Waals surface area (Å²) in [5.74, 6) is -0.289. The zero-order chi connectivity index (χ0) is 20.8. The van der Waals surface area contributed by atoms with Crippen LogP contribution in [0.15, 0.2) is 60.7 Å². The van der Waals surface area contributed by atoms with Crippen LogP contribution in [0.4, 0.5) is 0 Å². The minimum Gasteiger partial charge on any atom is -0.476 e. The van der Waals surface area contributed by atoms with E-state index in [2.05, 4.69) is 9.55 Å². The van der Waals surface area contributed by atoms with E-state index < -0.39 is 5.97 Å². The number of hydrogen-bond acceptors (Lipinski definition) is 2. The zero-order valence-corrected chi connectivity index (χ0v) is 16.9. The fraction of sp³-hybridized carbons (Fsp3) is 0.231. The average Bonchev–Trinajstić information content (AvgIpc) is 3.17. The van der Waals surface area contributed by atoms with Gasteiger partial charge in [-0.1, -0.05) is 92.1 Å². The summed E-state index contributed by atoms with van der Waals surface area (Å²) in [6.07, 6.45) is 13.5. The van der Waals surface area contributed by atoms with Crippen molar-refractivity contribution in [3.05, 3.63) is 89.0 Å². The molecule has 4 nitrogen and oxygen atoms in total. The van der Waals surface area contributed by atoms with Crippen molar-refractivity contribution < 1.29 is 9.90 Å². The summed E-state index contributed by atoms with van der Waals surface area (Å²) in [5.41, 5.74) is 2.88. The molecule has 1 fully saturated rings. The van der Waals surface area contributed by atoms with Crippen molar-refractivity contribution in [3.8, 4) is 0 Å². The monoisotopic (exact) mass is 398 g/mol. The molecule has 1 N–H and O–H groups in total. The second kappa shape index (κ2) is 9.40. The van der Waals surface area contributed by atoms with E-state index in [0.29, 0.717) is 11.5 Å². The van der Waals surface area contributed by atoms with Crippen molar-refractivity contribution in [2.24, 2.45) is 0 Å². The Balaban J connectivity index is 1.79. The van der Waals surface area contributed by atoms with Crippen LogP contribution in [0.3, 0.4) is 0 Å². The van der Waals surface area contributed by atoms with Gasteiger partial charge in [-0.25, -0.2) is 9.78 Å². The SMILES string of the molecule is O=C(O)c1nc(/C=C/c2ccccc2)n(C2CCCCC2)c1/C=C/c1ccccc1. The van der Waals surface area contributed by atoms with Gasteiger partial charge < -0.3 is 9.67 Å². The van der Waals surface area contributed by atoms with Crippen LogP contribution >= 0.6 is 0 Å². The van der Waals surface area contributed by atoms with Gasteiger partial charge in [0, 0.05) is 6.04 Å². The van der Waals surface area contributed by atoms with Gasteiger partial charge in [-0.05, 0) is 36.1 Å². The highest BCUT2D eigenvalue weighted by Crippen LogP contribution is 2.33. The maximum atomic E-state index is 12.0. The number of carboxylic acid groups (broad SMARTS) is 1. The number of aromatic carboxylic acids is 1. The Hall–Kier alpha value is -3.40. The molecule has 1 saturated carbocycles. The summed E-state index contributed by atoms with van der Waals surface area (Å²) in [4.78, 5) is 16.6. The fourth-order valence-corrected chi connectivity index (χ4v) is 4.09. The number of rotatable bonds is 6. The Bertz CT molecular complexity index is 1040. The molecule has 0 amide bonds. The van der Waals surface area contributed by atoms with Gasteiger partial charge in [-0.3, -0.25) is 0 Å². The lowest BCUT2D eigenvalue weighted by Crippen LogP contribution is -2.16. The van der Waals surface area contributed by atoms with Crippen molar-refractivity contribution in [3.63, 3.8) is 0 Å². The largest absolute Gasteiger partial charge is 0.476 e. The molecule has 4 heteroatoms. The molecule has 30 heavy (non-hydrogen) atoms. The van der Waals surface area contributed by atoms with Crippen LogP contribution in [-0.4, -0.2) is 20.6 Å². The zero-order valence-electron chi connectivity index (χ0n) is 16.9. The van der Waals surface area contributed by atoms with E-state index in [1.807, 2.05) is 85.0 Å². The second-order valence-electron chi connectivity index (χ2n) is 7.66. The van der Waals surface area contributed by atoms with Gasteiger partial charge in [-0.15, -0.1) is 0 Å². The van der Waals surface area contributed by atoms with Gasteiger partial charge in [0.25, 0.3) is 0 Å². The fourth-order valence-electron chi connectivity index (χ4n) is 4.09. The molecule has 1 heterocycles. The molecule has 0 spiro atoms. The minimum absolute atomic E-state index is 0.112. The summed E-state index contributed by atoms with van der Waals surface area (Å²) in [6, 6.07) is 20.2. The van der Waals surface area contributed by atoms with Crippen molar-refractivity contribution >= 4 is 30.3 Å². The maximum Gasteiger partial charge on any atom is 0.356 e. The quantitative estimate of drug-likeness (QED) is 0.521. The summed E-state index contributed by atoms with van der Waals surface area (Å²) >= 11 is 0. The first-order valence-corrected chi connectivity index (χ1v) is 10.5. The molecule has 1 aliphatic carbocycles. The van der Waals surface area contributed by atoms with Crippen LogP contribution < -0.4 is 0 Å². The Morgan fingerprint density at radius 2 is 1.40 bits per heavy atom. The molecule has 0 radical (unpaired) electrons. The third-order valence-corrected chi connectivity index (χ3v) is 5.58. The number of nitrogens with zero attached hydrogens (tertiary/aromatic N) is 2. The van der Waals surface area contributed by atoms with E-state index in [1.165, 1.54) is 6.42 Å². The lowest BCUT2D eigenvalue weighted by atomic mass is 9.95. The Kier molecular flexibility index (Phi) is 6.23. The Morgan fingerprint density at radius 1 is 0.833 bits per heavy atom. The number of aromatic nitrogens is 2. The van der Waals surface area contributed by atoms with Crippen molar-refractivity contribution in [1.29, 1.82) is 0 Å². The smallest absolute Gasteiger partial charge is 0.356 e. The topological polar surface area (TPSA) is 55.1 Å². The lowest BCUT2D eigenvalue weighted by molar-refractivity contribution is 0.0690. The molecule has 0 aliphatic heterocycles. The van der Waals surface area contributed by atoms with Crippen LogP contribution in [0, 0.1) is 0 Å². The van der Waals surface area contributed by atoms with Crippen LogP contribution in [0.25, 0.3) is 24.3 Å². The van der Waals surface area contributed by atoms with Gasteiger partial charge in [0.15, 0.2) is 5.69 Å². The minimum atomic E-state index is -0.994. The molecule has 1 aliphatic rings. The van der Waals surface area contributed by atoms with E-state index in [4.69, 9.17) is 0 Å². The van der Waals surface area contributed by atoms with Gasteiger partial charge >= 0.3 is 5.97 Å². The highest BCUT2D eigenvalue weighted by atomic mass is 16.4. The normalized spacial score (nSPS) is 15.2. The predicted molar refractivity (Wildman–Crippen MR) is 122 cm³/mol. The molecule has 152 valence electrons. The highest BCUT2D eigenvalue weighted by Gasteiger charge is 2.25. The van der Waals surface area contributed by atoms with Gasteiger partial charge in [-0.2, -0.15) is 0 Å². The molecular formula is C26H26N2O2. The number of hydrogen-bond donors (Lipinski definition) is 1. The highest BCUT2D eigenvalue weighted by molar-refractivity contribution is 5.91. The summed E-state index contributed by atoms with van der Waals surface area (Å²) in [5, 5.41) is 9.85. The third kappa shape index (κ3) is 4.60. The standard InChI is InChI=1S/C26H26N2O2/c29-26(30)25-23(18-16-20-10-4-1-5-11-20)28(22-14-8-3-9-15-22)24(27-25)19-17-21-12-6-2-7-13-21/h1-2,4-7,10-13,16-19,22H,3,8-9,14-15H2,(H,29,30)/b18-16+,19-17+. The first-order chi connectivity index (χ1) is 14.7. The molecule has 4 rings (SSSR count). The second-order valence-corrected chi connectivity index (χ2v) is 7.66. The predicted octanol–water partition coefficient (Wildman–Crippen LogP) is 6.43. The van der Waals surface area contributed by atoms with Crippen LogP contribution in [0.2, 0.25) is 0 Å². The van der Waals surface area contributed by atoms with Crippen molar-refractivity contribution in [2.45, 2.75) is 38.1 Å². The molecule has 3 aromatic rings. The maximum absolute atomic E-state index is 12.0. The number of carboxylic acids is 1. The number of carbonyl (C=O) groups is 1.